The molecule has 0 saturated carbocycles. The fourth-order valence-electron chi connectivity index (χ4n) is 2.70. The lowest BCUT2D eigenvalue weighted by Crippen LogP contribution is -2.23. The maximum atomic E-state index is 12.6. The molecule has 154 valence electrons. The molecule has 0 fully saturated rings. The summed E-state index contributed by atoms with van der Waals surface area (Å²) in [6.45, 7) is 0.552. The molecule has 3 rings (SSSR count). The number of hydrogen-bond donors (Lipinski definition) is 1. The van der Waals surface area contributed by atoms with Crippen molar-refractivity contribution in [3.63, 3.8) is 0 Å². The molecular weight excluding hydrogens is 425 g/mol. The van der Waals surface area contributed by atoms with Gasteiger partial charge in [0.1, 0.15) is 12.4 Å². The van der Waals surface area contributed by atoms with Crippen LogP contribution in [0.25, 0.3) is 0 Å². The van der Waals surface area contributed by atoms with Crippen molar-refractivity contribution >= 4 is 35.1 Å². The van der Waals surface area contributed by atoms with Crippen LogP contribution in [0.15, 0.2) is 66.7 Å². The van der Waals surface area contributed by atoms with Crippen molar-refractivity contribution in [3.05, 3.63) is 99.0 Å². The normalized spacial score (nSPS) is 10.4. The first-order valence-corrected chi connectivity index (χ1v) is 9.84. The zero-order chi connectivity index (χ0) is 21.5. The van der Waals surface area contributed by atoms with Gasteiger partial charge in [-0.2, -0.15) is 0 Å². The van der Waals surface area contributed by atoms with Gasteiger partial charge in [-0.25, -0.2) is 4.79 Å². The van der Waals surface area contributed by atoms with Gasteiger partial charge in [0.2, 0.25) is 0 Å². The summed E-state index contributed by atoms with van der Waals surface area (Å²) >= 11 is 12.3. The highest BCUT2D eigenvalue weighted by molar-refractivity contribution is 6.34. The third-order valence-corrected chi connectivity index (χ3v) is 5.06. The lowest BCUT2D eigenvalue weighted by molar-refractivity contribution is 0.0600. The molecule has 7 heteroatoms. The first kappa shape index (κ1) is 21.7. The van der Waals surface area contributed by atoms with Gasteiger partial charge in [0.25, 0.3) is 5.91 Å². The third-order valence-electron chi connectivity index (χ3n) is 4.36. The van der Waals surface area contributed by atoms with Gasteiger partial charge in [-0.05, 0) is 42.0 Å². The predicted molar refractivity (Wildman–Crippen MR) is 116 cm³/mol. The molecular formula is C23H19Cl2NO4. The van der Waals surface area contributed by atoms with Gasteiger partial charge in [-0.3, -0.25) is 4.79 Å². The standard InChI is InChI=1S/C23H19Cl2NO4/c1-29-23(28)16-8-6-15(7-9-16)13-26-22(27)19-12-18(10-11-21(19)25)30-14-17-4-2-3-5-20(17)24/h2-12H,13-14H2,1H3,(H,26,27). The number of benzene rings is 3. The summed E-state index contributed by atoms with van der Waals surface area (Å²) in [6.07, 6.45) is 0. The van der Waals surface area contributed by atoms with Crippen LogP contribution in [0.5, 0.6) is 5.75 Å². The highest BCUT2D eigenvalue weighted by atomic mass is 35.5. The highest BCUT2D eigenvalue weighted by Crippen LogP contribution is 2.24. The minimum absolute atomic E-state index is 0.273. The smallest absolute Gasteiger partial charge is 0.337 e. The number of carbonyl (C=O) groups excluding carboxylic acids is 2. The Hall–Kier alpha value is -3.02. The minimum Gasteiger partial charge on any atom is -0.489 e. The van der Waals surface area contributed by atoms with Crippen LogP contribution in [0, 0.1) is 0 Å². The van der Waals surface area contributed by atoms with Crippen molar-refractivity contribution in [2.75, 3.05) is 7.11 Å². The lowest BCUT2D eigenvalue weighted by atomic mass is 10.1. The van der Waals surface area contributed by atoms with E-state index in [2.05, 4.69) is 10.1 Å². The van der Waals surface area contributed by atoms with E-state index in [1.165, 1.54) is 7.11 Å². The Kier molecular flexibility index (Phi) is 7.33. The molecule has 1 N–H and O–H groups in total. The molecule has 0 heterocycles. The molecule has 1 amide bonds. The molecule has 0 unspecified atom stereocenters. The van der Waals surface area contributed by atoms with E-state index in [9.17, 15) is 9.59 Å². The Morgan fingerprint density at radius 2 is 1.67 bits per heavy atom. The van der Waals surface area contributed by atoms with Crippen LogP contribution in [0.4, 0.5) is 0 Å². The molecule has 3 aromatic carbocycles. The summed E-state index contributed by atoms with van der Waals surface area (Å²) in [5.74, 6) is -0.238. The number of halogens is 2. The number of esters is 1. The number of carbonyl (C=O) groups is 2. The molecule has 0 aliphatic heterocycles. The molecule has 5 nitrogen and oxygen atoms in total. The Bertz CT molecular complexity index is 1050. The molecule has 3 aromatic rings. The van der Waals surface area contributed by atoms with Gasteiger partial charge in [-0.15, -0.1) is 0 Å². The van der Waals surface area contributed by atoms with Crippen LogP contribution in [0.1, 0.15) is 31.8 Å². The van der Waals surface area contributed by atoms with Gasteiger partial charge >= 0.3 is 5.97 Å². The topological polar surface area (TPSA) is 64.6 Å². The number of methoxy groups -OCH3 is 1. The van der Waals surface area contributed by atoms with Crippen LogP contribution in [-0.4, -0.2) is 19.0 Å². The monoisotopic (exact) mass is 443 g/mol. The van der Waals surface area contributed by atoms with Crippen molar-refractivity contribution in [1.82, 2.24) is 5.32 Å². The van der Waals surface area contributed by atoms with E-state index in [1.54, 1.807) is 48.5 Å². The van der Waals surface area contributed by atoms with Crippen LogP contribution in [-0.2, 0) is 17.9 Å². The summed E-state index contributed by atoms with van der Waals surface area (Å²) in [6, 6.07) is 19.1. The van der Waals surface area contributed by atoms with Gasteiger partial charge in [0, 0.05) is 17.1 Å². The second-order valence-corrected chi connectivity index (χ2v) is 7.21. The largest absolute Gasteiger partial charge is 0.489 e. The van der Waals surface area contributed by atoms with Gasteiger partial charge in [0.15, 0.2) is 0 Å². The molecule has 0 bridgehead atoms. The predicted octanol–water partition coefficient (Wildman–Crippen LogP) is 5.29. The average molecular weight is 444 g/mol. The first-order valence-electron chi connectivity index (χ1n) is 9.09. The lowest BCUT2D eigenvalue weighted by Gasteiger charge is -2.11. The van der Waals surface area contributed by atoms with Gasteiger partial charge in [0.05, 0.1) is 23.3 Å². The molecule has 0 aliphatic rings. The fourth-order valence-corrected chi connectivity index (χ4v) is 3.09. The second-order valence-electron chi connectivity index (χ2n) is 6.39. The Balaban J connectivity index is 1.63. The number of nitrogens with one attached hydrogen (secondary N) is 1. The highest BCUT2D eigenvalue weighted by Gasteiger charge is 2.13. The number of amides is 1. The number of rotatable bonds is 7. The van der Waals surface area contributed by atoms with Crippen molar-refractivity contribution in [2.45, 2.75) is 13.2 Å². The molecule has 30 heavy (non-hydrogen) atoms. The number of hydrogen-bond acceptors (Lipinski definition) is 4. The molecule has 0 atom stereocenters. The van der Waals surface area contributed by atoms with Crippen LogP contribution >= 0.6 is 23.2 Å². The maximum Gasteiger partial charge on any atom is 0.337 e. The van der Waals surface area contributed by atoms with Gasteiger partial charge in [-0.1, -0.05) is 53.5 Å². The maximum absolute atomic E-state index is 12.6. The van der Waals surface area contributed by atoms with E-state index in [-0.39, 0.29) is 19.1 Å². The summed E-state index contributed by atoms with van der Waals surface area (Å²) in [4.78, 5) is 24.1. The van der Waals surface area contributed by atoms with E-state index >= 15 is 0 Å². The summed E-state index contributed by atoms with van der Waals surface area (Å²) in [5.41, 5.74) is 2.42. The van der Waals surface area contributed by atoms with Crippen LogP contribution in [0.2, 0.25) is 10.0 Å². The Labute approximate surface area is 184 Å². The molecule has 0 aromatic heterocycles. The summed E-state index contributed by atoms with van der Waals surface area (Å²) in [5, 5.41) is 3.74. The fraction of sp³-hybridized carbons (Fsp3) is 0.130. The molecule has 0 saturated heterocycles. The first-order chi connectivity index (χ1) is 14.5. The summed E-state index contributed by atoms with van der Waals surface area (Å²) < 4.78 is 10.4. The Morgan fingerprint density at radius 3 is 2.37 bits per heavy atom. The third kappa shape index (κ3) is 5.53. The zero-order valence-electron chi connectivity index (χ0n) is 16.2. The summed E-state index contributed by atoms with van der Waals surface area (Å²) in [7, 11) is 1.33. The van der Waals surface area contributed by atoms with Crippen molar-refractivity contribution in [2.24, 2.45) is 0 Å². The quantitative estimate of drug-likeness (QED) is 0.503. The molecule has 0 spiro atoms. The average Bonchev–Trinajstić information content (AvgIpc) is 2.77. The SMILES string of the molecule is COC(=O)c1ccc(CNC(=O)c2cc(OCc3ccccc3Cl)ccc2Cl)cc1. The van der Waals surface area contributed by atoms with Crippen LogP contribution < -0.4 is 10.1 Å². The van der Waals surface area contributed by atoms with E-state index in [0.717, 1.165) is 11.1 Å². The second kappa shape index (κ2) is 10.1. The van der Waals surface area contributed by atoms with E-state index < -0.39 is 5.97 Å². The van der Waals surface area contributed by atoms with Crippen molar-refractivity contribution < 1.29 is 19.1 Å². The van der Waals surface area contributed by atoms with Crippen molar-refractivity contribution in [3.8, 4) is 5.75 Å². The molecule has 0 aliphatic carbocycles. The Morgan fingerprint density at radius 1 is 0.933 bits per heavy atom. The van der Waals surface area contributed by atoms with Gasteiger partial charge < -0.3 is 14.8 Å². The zero-order valence-corrected chi connectivity index (χ0v) is 17.7. The van der Waals surface area contributed by atoms with Crippen LogP contribution in [0.3, 0.4) is 0 Å². The van der Waals surface area contributed by atoms with E-state index in [0.29, 0.717) is 26.9 Å². The number of ether oxygens (including phenoxy) is 2. The van der Waals surface area contributed by atoms with Crippen molar-refractivity contribution in [1.29, 1.82) is 0 Å². The minimum atomic E-state index is -0.411. The van der Waals surface area contributed by atoms with E-state index in [1.807, 2.05) is 18.2 Å². The molecule has 0 radical (unpaired) electrons. The van der Waals surface area contributed by atoms with E-state index in [4.69, 9.17) is 27.9 Å².